The van der Waals surface area contributed by atoms with Gasteiger partial charge in [0.15, 0.2) is 5.78 Å². The van der Waals surface area contributed by atoms with Gasteiger partial charge in [0.25, 0.3) is 0 Å². The Kier molecular flexibility index (Phi) is 2.14. The topological polar surface area (TPSA) is 30.2 Å². The lowest BCUT2D eigenvalue weighted by Crippen LogP contribution is -2.20. The van der Waals surface area contributed by atoms with E-state index in [0.717, 1.165) is 28.9 Å². The van der Waals surface area contributed by atoms with Gasteiger partial charge in [0, 0.05) is 11.3 Å². The van der Waals surface area contributed by atoms with Crippen molar-refractivity contribution in [3.05, 3.63) is 36.1 Å². The van der Waals surface area contributed by atoms with E-state index >= 15 is 0 Å². The molecule has 0 N–H and O–H groups in total. The predicted octanol–water partition coefficient (Wildman–Crippen LogP) is 4.05. The zero-order chi connectivity index (χ0) is 12.1. The lowest BCUT2D eigenvalue weighted by atomic mass is 9.83. The second kappa shape index (κ2) is 3.71. The second-order valence-corrected chi connectivity index (χ2v) is 5.79. The fourth-order valence-corrected chi connectivity index (χ4v) is 3.93. The molecule has 1 aromatic heterocycles. The monoisotopic (exact) mass is 240 g/mol. The molecule has 2 saturated carbocycles. The van der Waals surface area contributed by atoms with Crippen molar-refractivity contribution >= 4 is 16.8 Å². The third kappa shape index (κ3) is 1.38. The number of fused-ring (bicyclic) bond motifs is 3. The Balaban J connectivity index is 1.72. The van der Waals surface area contributed by atoms with Crippen LogP contribution in [0.3, 0.4) is 0 Å². The predicted molar refractivity (Wildman–Crippen MR) is 69.5 cm³/mol. The first kappa shape index (κ1) is 10.4. The first-order chi connectivity index (χ1) is 8.83. The number of para-hydroxylation sites is 1. The van der Waals surface area contributed by atoms with E-state index in [9.17, 15) is 4.79 Å². The molecule has 1 heterocycles. The second-order valence-electron chi connectivity index (χ2n) is 5.79. The highest BCUT2D eigenvalue weighted by Gasteiger charge is 2.43. The van der Waals surface area contributed by atoms with Crippen LogP contribution in [0.2, 0.25) is 0 Å². The summed E-state index contributed by atoms with van der Waals surface area (Å²) >= 11 is 0. The molecule has 0 spiro atoms. The van der Waals surface area contributed by atoms with Crippen LogP contribution in [0.1, 0.15) is 36.0 Å². The van der Waals surface area contributed by atoms with Crippen molar-refractivity contribution in [1.82, 2.24) is 0 Å². The Morgan fingerprint density at radius 3 is 2.83 bits per heavy atom. The van der Waals surface area contributed by atoms with Crippen LogP contribution in [0, 0.1) is 17.8 Å². The van der Waals surface area contributed by atoms with Gasteiger partial charge < -0.3 is 4.42 Å². The van der Waals surface area contributed by atoms with Gasteiger partial charge in [-0.3, -0.25) is 4.79 Å². The number of rotatable bonds is 2. The minimum atomic E-state index is 0.254. The summed E-state index contributed by atoms with van der Waals surface area (Å²) in [5.74, 6) is 2.01. The van der Waals surface area contributed by atoms with Crippen LogP contribution in [0.4, 0.5) is 0 Å². The molecule has 3 unspecified atom stereocenters. The van der Waals surface area contributed by atoms with Gasteiger partial charge >= 0.3 is 0 Å². The van der Waals surface area contributed by atoms with Crippen LogP contribution in [0.15, 0.2) is 34.9 Å². The van der Waals surface area contributed by atoms with Gasteiger partial charge in [-0.25, -0.2) is 0 Å². The maximum Gasteiger partial charge on any atom is 0.170 e. The standard InChI is InChI=1S/C16H16O2/c17-16(13-8-10-5-6-11(13)7-10)14-9-18-15-4-2-1-3-12(14)15/h1-4,9-11,13H,5-8H2. The van der Waals surface area contributed by atoms with Crippen molar-refractivity contribution < 1.29 is 9.21 Å². The third-order valence-electron chi connectivity index (χ3n) is 4.82. The first-order valence-electron chi connectivity index (χ1n) is 6.83. The molecule has 2 fully saturated rings. The number of Topliss-reactive ketones (excluding diaryl/α,β-unsaturated/α-hetero) is 1. The Morgan fingerprint density at radius 2 is 2.06 bits per heavy atom. The van der Waals surface area contributed by atoms with E-state index in [0.29, 0.717) is 11.7 Å². The van der Waals surface area contributed by atoms with Crippen LogP contribution in [0.5, 0.6) is 0 Å². The maximum absolute atomic E-state index is 12.7. The molecule has 2 heteroatoms. The summed E-state index contributed by atoms with van der Waals surface area (Å²) in [6.07, 6.45) is 6.60. The molecule has 0 aliphatic heterocycles. The Bertz CT molecular complexity index is 610. The van der Waals surface area contributed by atoms with E-state index in [1.807, 2.05) is 24.3 Å². The zero-order valence-corrected chi connectivity index (χ0v) is 10.3. The summed E-state index contributed by atoms with van der Waals surface area (Å²) in [6, 6.07) is 7.82. The van der Waals surface area contributed by atoms with Crippen LogP contribution < -0.4 is 0 Å². The molecule has 1 aromatic carbocycles. The van der Waals surface area contributed by atoms with E-state index in [-0.39, 0.29) is 5.92 Å². The number of carbonyl (C=O) groups excluding carboxylic acids is 1. The molecule has 2 bridgehead atoms. The normalized spacial score (nSPS) is 30.1. The molecule has 0 saturated heterocycles. The zero-order valence-electron chi connectivity index (χ0n) is 10.3. The molecule has 0 amide bonds. The van der Waals surface area contributed by atoms with Crippen molar-refractivity contribution in [1.29, 1.82) is 0 Å². The highest BCUT2D eigenvalue weighted by atomic mass is 16.3. The minimum absolute atomic E-state index is 0.254. The molecule has 3 atom stereocenters. The largest absolute Gasteiger partial charge is 0.464 e. The number of ketones is 1. The Hall–Kier alpha value is -1.57. The third-order valence-corrected chi connectivity index (χ3v) is 4.82. The minimum Gasteiger partial charge on any atom is -0.464 e. The van der Waals surface area contributed by atoms with E-state index < -0.39 is 0 Å². The van der Waals surface area contributed by atoms with Crippen molar-refractivity contribution in [2.24, 2.45) is 17.8 Å². The lowest BCUT2D eigenvalue weighted by molar-refractivity contribution is 0.0875. The highest BCUT2D eigenvalue weighted by Crippen LogP contribution is 2.49. The molecular weight excluding hydrogens is 224 g/mol. The van der Waals surface area contributed by atoms with E-state index in [2.05, 4.69) is 0 Å². The van der Waals surface area contributed by atoms with Crippen LogP contribution in [-0.4, -0.2) is 5.78 Å². The summed E-state index contributed by atoms with van der Waals surface area (Å²) in [6.45, 7) is 0. The summed E-state index contributed by atoms with van der Waals surface area (Å²) < 4.78 is 5.49. The van der Waals surface area contributed by atoms with Crippen LogP contribution in [0.25, 0.3) is 11.0 Å². The molecule has 2 aromatic rings. The highest BCUT2D eigenvalue weighted by molar-refractivity contribution is 6.08. The van der Waals surface area contributed by atoms with Crippen molar-refractivity contribution in [2.45, 2.75) is 25.7 Å². The van der Waals surface area contributed by atoms with Crippen LogP contribution in [-0.2, 0) is 0 Å². The molecule has 0 radical (unpaired) electrons. The summed E-state index contributed by atoms with van der Waals surface area (Å²) in [5, 5.41) is 0.977. The molecule has 2 nitrogen and oxygen atoms in total. The average molecular weight is 240 g/mol. The number of carbonyl (C=O) groups is 1. The molecular formula is C16H16O2. The lowest BCUT2D eigenvalue weighted by Gasteiger charge is -2.19. The number of hydrogen-bond donors (Lipinski definition) is 0. The number of benzene rings is 1. The molecule has 4 rings (SSSR count). The van der Waals surface area contributed by atoms with Gasteiger partial charge in [-0.2, -0.15) is 0 Å². The fraction of sp³-hybridized carbons (Fsp3) is 0.438. The van der Waals surface area contributed by atoms with Crippen molar-refractivity contribution in [3.8, 4) is 0 Å². The fourth-order valence-electron chi connectivity index (χ4n) is 3.93. The molecule has 2 aliphatic rings. The summed E-state index contributed by atoms with van der Waals surface area (Å²) in [4.78, 5) is 12.7. The Morgan fingerprint density at radius 1 is 1.17 bits per heavy atom. The van der Waals surface area contributed by atoms with Gasteiger partial charge in [0.1, 0.15) is 11.8 Å². The van der Waals surface area contributed by atoms with Crippen molar-refractivity contribution in [3.63, 3.8) is 0 Å². The summed E-state index contributed by atoms with van der Waals surface area (Å²) in [7, 11) is 0. The average Bonchev–Trinajstić information content (AvgIpc) is 3.12. The molecule has 18 heavy (non-hydrogen) atoms. The van der Waals surface area contributed by atoms with E-state index in [1.54, 1.807) is 6.26 Å². The van der Waals surface area contributed by atoms with Crippen LogP contribution >= 0.6 is 0 Å². The van der Waals surface area contributed by atoms with Crippen molar-refractivity contribution in [2.75, 3.05) is 0 Å². The van der Waals surface area contributed by atoms with Gasteiger partial charge in [0.05, 0.1) is 5.56 Å². The maximum atomic E-state index is 12.7. The molecule has 92 valence electrons. The van der Waals surface area contributed by atoms with E-state index in [1.165, 1.54) is 19.3 Å². The smallest absolute Gasteiger partial charge is 0.170 e. The SMILES string of the molecule is O=C(c1coc2ccccc12)C1CC2CCC1C2. The van der Waals surface area contributed by atoms with Gasteiger partial charge in [-0.05, 0) is 37.2 Å². The molecule has 2 aliphatic carbocycles. The van der Waals surface area contributed by atoms with Gasteiger partial charge in [-0.1, -0.05) is 24.6 Å². The number of furan rings is 1. The Labute approximate surface area is 106 Å². The first-order valence-corrected chi connectivity index (χ1v) is 6.83. The number of hydrogen-bond acceptors (Lipinski definition) is 2. The summed E-state index contributed by atoms with van der Waals surface area (Å²) in [5.41, 5.74) is 1.62. The van der Waals surface area contributed by atoms with Gasteiger partial charge in [0.2, 0.25) is 0 Å². The van der Waals surface area contributed by atoms with Gasteiger partial charge in [-0.15, -0.1) is 0 Å². The quantitative estimate of drug-likeness (QED) is 0.741. The van der Waals surface area contributed by atoms with E-state index in [4.69, 9.17) is 4.42 Å².